The predicted molar refractivity (Wildman–Crippen MR) is 151 cm³/mol. The van der Waals surface area contributed by atoms with E-state index in [9.17, 15) is 8.42 Å². The van der Waals surface area contributed by atoms with Crippen LogP contribution in [0.5, 0.6) is 5.75 Å². The molecule has 3 N–H and O–H groups in total. The van der Waals surface area contributed by atoms with Gasteiger partial charge < -0.3 is 25.2 Å². The fraction of sp³-hybridized carbons (Fsp3) is 0.360. The van der Waals surface area contributed by atoms with Crippen LogP contribution in [0.25, 0.3) is 0 Å². The number of para-hydroxylation sites is 1. The normalized spacial score (nSPS) is 15.7. The Morgan fingerprint density at radius 3 is 2.65 bits per heavy atom. The molecule has 37 heavy (non-hydrogen) atoms. The van der Waals surface area contributed by atoms with Gasteiger partial charge in [0.2, 0.25) is 16.0 Å². The van der Waals surface area contributed by atoms with Crippen LogP contribution in [0.4, 0.5) is 28.8 Å². The lowest BCUT2D eigenvalue weighted by Crippen LogP contribution is -2.31. The highest BCUT2D eigenvalue weighted by Gasteiger charge is 2.25. The summed E-state index contributed by atoms with van der Waals surface area (Å²) < 4.78 is 33.8. The molecule has 0 unspecified atom stereocenters. The molecule has 2 aromatic carbocycles. The van der Waals surface area contributed by atoms with Crippen molar-refractivity contribution in [2.45, 2.75) is 24.3 Å². The molecule has 1 aliphatic heterocycles. The molecule has 12 heteroatoms. The number of benzene rings is 2. The van der Waals surface area contributed by atoms with E-state index in [4.69, 9.17) is 4.74 Å². The number of anilines is 5. The summed E-state index contributed by atoms with van der Waals surface area (Å²) in [6, 6.07) is 13.2. The van der Waals surface area contributed by atoms with E-state index in [0.717, 1.165) is 30.9 Å². The highest BCUT2D eigenvalue weighted by atomic mass is 79.9. The molecule has 0 bridgehead atoms. The van der Waals surface area contributed by atoms with Crippen molar-refractivity contribution in [3.8, 4) is 5.75 Å². The van der Waals surface area contributed by atoms with Gasteiger partial charge in [0.25, 0.3) is 0 Å². The maximum absolute atomic E-state index is 12.5. The molecule has 0 saturated carbocycles. The first-order valence-electron chi connectivity index (χ1n) is 12.0. The molecule has 3 aromatic rings. The van der Waals surface area contributed by atoms with Crippen molar-refractivity contribution < 1.29 is 13.2 Å². The lowest BCUT2D eigenvalue weighted by molar-refractivity contribution is 0.315. The third-order valence-corrected chi connectivity index (χ3v) is 8.27. The lowest BCUT2D eigenvalue weighted by atomic mass is 10.2. The molecule has 0 aliphatic carbocycles. The average Bonchev–Trinajstić information content (AvgIpc) is 3.38. The number of halogens is 1. The fourth-order valence-corrected chi connectivity index (χ4v) is 5.34. The first-order chi connectivity index (χ1) is 17.7. The van der Waals surface area contributed by atoms with Crippen molar-refractivity contribution in [3.63, 3.8) is 0 Å². The highest BCUT2D eigenvalue weighted by molar-refractivity contribution is 9.10. The van der Waals surface area contributed by atoms with Crippen LogP contribution in [-0.4, -0.2) is 70.2 Å². The molecule has 10 nitrogen and oxygen atoms in total. The third kappa shape index (κ3) is 6.32. The van der Waals surface area contributed by atoms with Crippen LogP contribution in [0, 0.1) is 0 Å². The molecule has 1 aliphatic rings. The number of nitrogens with zero attached hydrogens (tertiary/aromatic N) is 4. The lowest BCUT2D eigenvalue weighted by Gasteiger charge is -2.23. The summed E-state index contributed by atoms with van der Waals surface area (Å²) in [7, 11) is 1.95. The summed E-state index contributed by atoms with van der Waals surface area (Å²) in [6.45, 7) is 4.43. The van der Waals surface area contributed by atoms with Gasteiger partial charge in [-0.2, -0.15) is 4.98 Å². The first-order valence-corrected chi connectivity index (χ1v) is 14.3. The summed E-state index contributed by atoms with van der Waals surface area (Å²) in [6.07, 6.45) is 2.73. The minimum absolute atomic E-state index is 0.116. The molecule has 0 radical (unpaired) electrons. The molecular formula is C25H32BrN7O3S. The van der Waals surface area contributed by atoms with Gasteiger partial charge in [-0.25, -0.2) is 18.1 Å². The van der Waals surface area contributed by atoms with Gasteiger partial charge in [-0.15, -0.1) is 0 Å². The van der Waals surface area contributed by atoms with E-state index in [-0.39, 0.29) is 4.90 Å². The van der Waals surface area contributed by atoms with Crippen LogP contribution in [0.2, 0.25) is 0 Å². The highest BCUT2D eigenvalue weighted by Crippen LogP contribution is 2.34. The second kappa shape index (κ2) is 11.6. The molecule has 1 fully saturated rings. The van der Waals surface area contributed by atoms with E-state index in [1.807, 2.05) is 19.1 Å². The molecule has 198 valence electrons. The Labute approximate surface area is 226 Å². The van der Waals surface area contributed by atoms with Crippen molar-refractivity contribution in [3.05, 3.63) is 53.1 Å². The zero-order chi connectivity index (χ0) is 26.6. The number of ether oxygens (including phenoxy) is 1. The van der Waals surface area contributed by atoms with Gasteiger partial charge in [0.15, 0.2) is 0 Å². The van der Waals surface area contributed by atoms with Crippen LogP contribution < -0.4 is 25.0 Å². The Bertz CT molecular complexity index is 1350. The largest absolute Gasteiger partial charge is 0.492 e. The van der Waals surface area contributed by atoms with E-state index in [0.29, 0.717) is 40.3 Å². The molecule has 0 spiro atoms. The Morgan fingerprint density at radius 2 is 1.95 bits per heavy atom. The summed E-state index contributed by atoms with van der Waals surface area (Å²) in [5, 5.41) is 6.35. The Hall–Kier alpha value is -2.93. The Balaban J connectivity index is 1.58. The summed E-state index contributed by atoms with van der Waals surface area (Å²) in [5.41, 5.74) is 2.24. The van der Waals surface area contributed by atoms with Crippen molar-refractivity contribution in [2.24, 2.45) is 0 Å². The molecule has 1 saturated heterocycles. The minimum atomic E-state index is -3.66. The zero-order valence-electron chi connectivity index (χ0n) is 21.3. The standard InChI is InChI=1S/C25H32BrN7O3S/c1-5-36-22-14-17(33-13-12-18(16-33)32(3)4)10-11-20(22)30-25-28-15-19(26)24(31-25)29-21-8-6-7-9-23(21)37(34,35)27-2/h6-11,14-15,18,27H,5,12-13,16H2,1-4H3,(H2,28,29,30,31)/t18-/m1/s1. The zero-order valence-corrected chi connectivity index (χ0v) is 23.7. The molecule has 1 aromatic heterocycles. The molecule has 0 amide bonds. The molecule has 2 heterocycles. The maximum atomic E-state index is 12.5. The number of hydrogen-bond donors (Lipinski definition) is 3. The second-order valence-electron chi connectivity index (χ2n) is 8.81. The van der Waals surface area contributed by atoms with E-state index >= 15 is 0 Å². The van der Waals surface area contributed by atoms with Gasteiger partial charge in [0.05, 0.1) is 22.5 Å². The smallest absolute Gasteiger partial charge is 0.242 e. The Kier molecular flexibility index (Phi) is 8.53. The quantitative estimate of drug-likeness (QED) is 0.320. The Morgan fingerprint density at radius 1 is 1.16 bits per heavy atom. The van der Waals surface area contributed by atoms with Gasteiger partial charge in [-0.3, -0.25) is 0 Å². The van der Waals surface area contributed by atoms with Gasteiger partial charge >= 0.3 is 0 Å². The van der Waals surface area contributed by atoms with Gasteiger partial charge in [0.1, 0.15) is 16.5 Å². The number of aromatic nitrogens is 2. The van der Waals surface area contributed by atoms with Crippen molar-refractivity contribution >= 4 is 54.8 Å². The topological polar surface area (TPSA) is 112 Å². The predicted octanol–water partition coefficient (Wildman–Crippen LogP) is 4.17. The average molecular weight is 591 g/mol. The summed E-state index contributed by atoms with van der Waals surface area (Å²) in [4.78, 5) is 13.7. The fourth-order valence-electron chi connectivity index (χ4n) is 4.16. The van der Waals surface area contributed by atoms with Crippen LogP contribution >= 0.6 is 15.9 Å². The van der Waals surface area contributed by atoms with Gasteiger partial charge in [-0.05, 0) is 74.7 Å². The van der Waals surface area contributed by atoms with Crippen LogP contribution in [0.15, 0.2) is 58.0 Å². The molecule has 4 rings (SSSR count). The van der Waals surface area contributed by atoms with Crippen molar-refractivity contribution in [1.82, 2.24) is 19.6 Å². The van der Waals surface area contributed by atoms with Crippen molar-refractivity contribution in [1.29, 1.82) is 0 Å². The number of likely N-dealkylation sites (N-methyl/N-ethyl adjacent to an activating group) is 1. The monoisotopic (exact) mass is 589 g/mol. The number of sulfonamides is 1. The van der Waals surface area contributed by atoms with E-state index < -0.39 is 10.0 Å². The van der Waals surface area contributed by atoms with Gasteiger partial charge in [0, 0.05) is 37.1 Å². The van der Waals surface area contributed by atoms with E-state index in [1.54, 1.807) is 24.4 Å². The van der Waals surface area contributed by atoms with Crippen LogP contribution in [0.3, 0.4) is 0 Å². The van der Waals surface area contributed by atoms with Crippen LogP contribution in [0.1, 0.15) is 13.3 Å². The first kappa shape index (κ1) is 27.1. The SMILES string of the molecule is CCOc1cc(N2CC[C@@H](N(C)C)C2)ccc1Nc1ncc(Br)c(Nc2ccccc2S(=O)(=O)NC)n1. The van der Waals surface area contributed by atoms with E-state index in [1.165, 1.54) is 13.1 Å². The third-order valence-electron chi connectivity index (χ3n) is 6.21. The summed E-state index contributed by atoms with van der Waals surface area (Å²) >= 11 is 3.45. The molecular weight excluding hydrogens is 558 g/mol. The minimum Gasteiger partial charge on any atom is -0.492 e. The van der Waals surface area contributed by atoms with E-state index in [2.05, 4.69) is 71.2 Å². The maximum Gasteiger partial charge on any atom is 0.242 e. The molecule has 1 atom stereocenters. The van der Waals surface area contributed by atoms with Crippen molar-refractivity contribution in [2.75, 3.05) is 56.4 Å². The number of hydrogen-bond acceptors (Lipinski definition) is 9. The number of rotatable bonds is 10. The second-order valence-corrected chi connectivity index (χ2v) is 11.5. The van der Waals surface area contributed by atoms with Crippen LogP contribution in [-0.2, 0) is 10.0 Å². The number of nitrogens with one attached hydrogen (secondary N) is 3. The van der Waals surface area contributed by atoms with Gasteiger partial charge in [-0.1, -0.05) is 12.1 Å². The summed E-state index contributed by atoms with van der Waals surface area (Å²) in [5.74, 6) is 1.46.